The average Bonchev–Trinajstić information content (AvgIpc) is 3.15. The van der Waals surface area contributed by atoms with Crippen LogP contribution >= 0.6 is 0 Å². The highest BCUT2D eigenvalue weighted by Crippen LogP contribution is 2.36. The van der Waals surface area contributed by atoms with Crippen LogP contribution < -0.4 is 0 Å². The van der Waals surface area contributed by atoms with E-state index in [2.05, 4.69) is 26.2 Å². The smallest absolute Gasteiger partial charge is 0.327 e. The number of carbonyl (C=O) groups excluding carboxylic acids is 2. The number of allylic oxidation sites excluding steroid dienone is 1. The molecule has 0 aliphatic carbocycles. The molecule has 0 radical (unpaired) electrons. The lowest BCUT2D eigenvalue weighted by molar-refractivity contribution is -0.128. The van der Waals surface area contributed by atoms with Gasteiger partial charge in [0.25, 0.3) is 5.91 Å². The topological polar surface area (TPSA) is 70.1 Å². The zero-order valence-electron chi connectivity index (χ0n) is 22.2. The van der Waals surface area contributed by atoms with Gasteiger partial charge in [-0.15, -0.1) is 13.2 Å². The number of nitrogens with zero attached hydrogens (tertiary/aromatic N) is 2. The van der Waals surface area contributed by atoms with E-state index in [0.29, 0.717) is 19.6 Å². The maximum atomic E-state index is 12.7. The Labute approximate surface area is 208 Å². The Kier molecular flexibility index (Phi) is 14.4. The molecule has 0 bridgehead atoms. The van der Waals surface area contributed by atoms with E-state index in [9.17, 15) is 9.59 Å². The van der Waals surface area contributed by atoms with Crippen LogP contribution in [0.1, 0.15) is 97.8 Å². The van der Waals surface area contributed by atoms with E-state index in [1.807, 2.05) is 13.8 Å². The summed E-state index contributed by atoms with van der Waals surface area (Å²) >= 11 is 0. The number of imide groups is 1. The first-order valence-electron chi connectivity index (χ1n) is 13.5. The molecular formula is C28H50N2O4. The van der Waals surface area contributed by atoms with Crippen LogP contribution in [0, 0.1) is 5.41 Å². The Bertz CT molecular complexity index is 638. The molecule has 6 heteroatoms. The lowest BCUT2D eigenvalue weighted by Gasteiger charge is -2.37. The van der Waals surface area contributed by atoms with Crippen LogP contribution in [0.3, 0.4) is 0 Å². The second-order valence-electron chi connectivity index (χ2n) is 9.67. The van der Waals surface area contributed by atoms with Crippen molar-refractivity contribution in [2.45, 2.75) is 103 Å². The van der Waals surface area contributed by atoms with Crippen LogP contribution in [-0.2, 0) is 9.53 Å². The third-order valence-electron chi connectivity index (χ3n) is 7.69. The largest absolute Gasteiger partial charge is 0.396 e. The molecule has 0 aromatic rings. The summed E-state index contributed by atoms with van der Waals surface area (Å²) in [4.78, 5) is 28.3. The van der Waals surface area contributed by atoms with Gasteiger partial charge in [-0.25, -0.2) is 4.79 Å². The number of hydrogen-bond acceptors (Lipinski definition) is 4. The highest BCUT2D eigenvalue weighted by molar-refractivity contribution is 6.03. The Morgan fingerprint density at radius 1 is 0.882 bits per heavy atom. The fraction of sp³-hybridized carbons (Fsp3) is 0.786. The Morgan fingerprint density at radius 3 is 1.97 bits per heavy atom. The van der Waals surface area contributed by atoms with Crippen LogP contribution in [-0.4, -0.2) is 65.3 Å². The summed E-state index contributed by atoms with van der Waals surface area (Å²) in [5.74, 6) is -0.124. The van der Waals surface area contributed by atoms with Gasteiger partial charge in [-0.3, -0.25) is 9.69 Å². The zero-order valence-corrected chi connectivity index (χ0v) is 22.2. The first-order valence-corrected chi connectivity index (χ1v) is 13.5. The van der Waals surface area contributed by atoms with Gasteiger partial charge in [-0.05, 0) is 70.1 Å². The summed E-state index contributed by atoms with van der Waals surface area (Å²) in [7, 11) is 0. The zero-order chi connectivity index (χ0) is 25.5. The number of likely N-dealkylation sites (N-methyl/N-ethyl adjacent to an activating group) is 1. The molecule has 0 aromatic heterocycles. The van der Waals surface area contributed by atoms with Crippen molar-refractivity contribution >= 4 is 11.9 Å². The molecule has 1 rings (SSSR count). The Hall–Kier alpha value is -1.66. The average molecular weight is 479 g/mol. The molecule has 1 aliphatic heterocycles. The molecule has 6 nitrogen and oxygen atoms in total. The van der Waals surface area contributed by atoms with Crippen molar-refractivity contribution in [1.82, 2.24) is 9.80 Å². The molecule has 1 aliphatic rings. The number of hydrogen-bond donors (Lipinski definition) is 1. The maximum absolute atomic E-state index is 12.7. The molecule has 0 saturated carbocycles. The van der Waals surface area contributed by atoms with Crippen LogP contribution in [0.2, 0.25) is 0 Å². The van der Waals surface area contributed by atoms with E-state index in [-0.39, 0.29) is 30.5 Å². The molecule has 2 atom stereocenters. The fourth-order valence-electron chi connectivity index (χ4n) is 5.03. The number of aliphatic hydroxyl groups excluding tert-OH is 1. The van der Waals surface area contributed by atoms with Gasteiger partial charge >= 0.3 is 6.03 Å². The van der Waals surface area contributed by atoms with Gasteiger partial charge in [0, 0.05) is 26.4 Å². The van der Waals surface area contributed by atoms with Crippen LogP contribution in [0.25, 0.3) is 0 Å². The van der Waals surface area contributed by atoms with Crippen molar-refractivity contribution in [1.29, 1.82) is 0 Å². The van der Waals surface area contributed by atoms with Gasteiger partial charge in [-0.2, -0.15) is 0 Å². The number of amides is 3. The van der Waals surface area contributed by atoms with Crippen LogP contribution in [0.5, 0.6) is 0 Å². The van der Waals surface area contributed by atoms with Gasteiger partial charge < -0.3 is 14.7 Å². The van der Waals surface area contributed by atoms with E-state index in [1.54, 1.807) is 11.0 Å². The summed E-state index contributed by atoms with van der Waals surface area (Å²) in [5.41, 5.74) is -0.398. The molecule has 1 fully saturated rings. The van der Waals surface area contributed by atoms with Crippen LogP contribution in [0.15, 0.2) is 25.3 Å². The first kappa shape index (κ1) is 30.4. The monoisotopic (exact) mass is 478 g/mol. The van der Waals surface area contributed by atoms with Crippen molar-refractivity contribution in [3.05, 3.63) is 25.3 Å². The highest BCUT2D eigenvalue weighted by atomic mass is 16.5. The molecular weight excluding hydrogens is 428 g/mol. The molecule has 0 aromatic carbocycles. The minimum Gasteiger partial charge on any atom is -0.396 e. The van der Waals surface area contributed by atoms with Crippen molar-refractivity contribution < 1.29 is 19.4 Å². The van der Waals surface area contributed by atoms with Crippen LogP contribution in [0.4, 0.5) is 4.79 Å². The second kappa shape index (κ2) is 16.1. The normalized spacial score (nSPS) is 17.6. The Balaban J connectivity index is 2.33. The van der Waals surface area contributed by atoms with E-state index >= 15 is 0 Å². The highest BCUT2D eigenvalue weighted by Gasteiger charge is 2.46. The molecule has 1 saturated heterocycles. The van der Waals surface area contributed by atoms with Gasteiger partial charge in [0.05, 0.1) is 5.54 Å². The number of unbranched alkanes of at least 4 members (excludes halogenated alkanes) is 4. The number of aliphatic hydroxyl groups is 1. The SMILES string of the molecule is C=CC(CC)(CCCCCO)CCCCOCCCCC(C=C)(CC)N1C(=O)CN(CC)C1=O. The van der Waals surface area contributed by atoms with Crippen molar-refractivity contribution in [2.75, 3.05) is 32.9 Å². The number of urea groups is 1. The standard InChI is InChI=1S/C28H50N2O4/c1-6-27(7-2,18-12-11-15-21-31)19-13-16-22-34-23-17-14-20-28(8-3,9-4)30-25(32)24-29(10-5)26(30)33/h6,8,31H,1,3,7,9-24H2,2,4-5H3. The minimum atomic E-state index is -0.608. The van der Waals surface area contributed by atoms with E-state index in [1.165, 1.54) is 4.90 Å². The van der Waals surface area contributed by atoms with Gasteiger partial charge in [0.15, 0.2) is 0 Å². The van der Waals surface area contributed by atoms with Crippen molar-refractivity contribution in [3.63, 3.8) is 0 Å². The molecule has 3 amide bonds. The summed E-state index contributed by atoms with van der Waals surface area (Å²) in [6, 6.07) is -0.193. The van der Waals surface area contributed by atoms with Gasteiger partial charge in [0.1, 0.15) is 6.54 Å². The molecule has 34 heavy (non-hydrogen) atoms. The number of ether oxygens (including phenoxy) is 1. The van der Waals surface area contributed by atoms with Gasteiger partial charge in [0.2, 0.25) is 0 Å². The third kappa shape index (κ3) is 8.53. The fourth-order valence-corrected chi connectivity index (χ4v) is 5.03. The summed E-state index contributed by atoms with van der Waals surface area (Å²) in [6.07, 6.45) is 15.8. The summed E-state index contributed by atoms with van der Waals surface area (Å²) in [5, 5.41) is 8.97. The minimum absolute atomic E-state index is 0.124. The predicted molar refractivity (Wildman–Crippen MR) is 140 cm³/mol. The third-order valence-corrected chi connectivity index (χ3v) is 7.69. The lowest BCUT2D eigenvalue weighted by atomic mass is 9.76. The predicted octanol–water partition coefficient (Wildman–Crippen LogP) is 6.10. The maximum Gasteiger partial charge on any atom is 0.327 e. The van der Waals surface area contributed by atoms with Crippen molar-refractivity contribution in [3.8, 4) is 0 Å². The molecule has 2 unspecified atom stereocenters. The Morgan fingerprint density at radius 2 is 1.50 bits per heavy atom. The number of carbonyl (C=O) groups is 2. The summed E-state index contributed by atoms with van der Waals surface area (Å²) in [6.45, 7) is 16.7. The molecule has 0 spiro atoms. The van der Waals surface area contributed by atoms with Gasteiger partial charge in [-0.1, -0.05) is 45.3 Å². The first-order chi connectivity index (χ1) is 16.4. The summed E-state index contributed by atoms with van der Waals surface area (Å²) < 4.78 is 5.88. The van der Waals surface area contributed by atoms with E-state index in [0.717, 1.165) is 77.2 Å². The lowest BCUT2D eigenvalue weighted by Crippen LogP contribution is -2.50. The molecule has 1 N–H and O–H groups in total. The van der Waals surface area contributed by atoms with E-state index in [4.69, 9.17) is 9.84 Å². The number of rotatable bonds is 21. The quantitative estimate of drug-likeness (QED) is 0.123. The second-order valence-corrected chi connectivity index (χ2v) is 9.67. The molecule has 196 valence electrons. The molecule has 1 heterocycles. The van der Waals surface area contributed by atoms with Crippen molar-refractivity contribution in [2.24, 2.45) is 5.41 Å². The van der Waals surface area contributed by atoms with E-state index < -0.39 is 5.54 Å².